The van der Waals surface area contributed by atoms with Crippen LogP contribution in [0.4, 0.5) is 0 Å². The lowest BCUT2D eigenvalue weighted by atomic mass is 9.76. The van der Waals surface area contributed by atoms with Crippen LogP contribution in [0.2, 0.25) is 0 Å². The first-order chi connectivity index (χ1) is 9.32. The fourth-order valence-electron chi connectivity index (χ4n) is 3.55. The number of carbonyl (C=O) groups is 1. The van der Waals surface area contributed by atoms with Crippen LogP contribution in [0, 0.1) is 5.41 Å². The monoisotopic (exact) mass is 304 g/mol. The summed E-state index contributed by atoms with van der Waals surface area (Å²) in [6.45, 7) is 1.32. The largest absolute Gasteiger partial charge is 0.392 e. The summed E-state index contributed by atoms with van der Waals surface area (Å²) in [7, 11) is -3.49. The molecule has 0 aromatic carbocycles. The van der Waals surface area contributed by atoms with Crippen LogP contribution >= 0.6 is 0 Å². The number of hydrogen-bond donors (Lipinski definition) is 2. The number of piperidine rings is 1. The van der Waals surface area contributed by atoms with E-state index in [9.17, 15) is 18.3 Å². The fraction of sp³-hybridized carbons (Fsp3) is 0.923. The summed E-state index contributed by atoms with van der Waals surface area (Å²) in [6, 6.07) is 0. The van der Waals surface area contributed by atoms with Crippen LogP contribution in [0.3, 0.4) is 0 Å². The van der Waals surface area contributed by atoms with Gasteiger partial charge in [-0.25, -0.2) is 13.6 Å². The molecule has 2 rings (SSSR count). The van der Waals surface area contributed by atoms with Gasteiger partial charge in [-0.3, -0.25) is 4.79 Å². The Morgan fingerprint density at radius 2 is 2.05 bits per heavy atom. The number of sulfonamides is 1. The molecule has 116 valence electrons. The Hall–Kier alpha value is -0.660. The van der Waals surface area contributed by atoms with Crippen LogP contribution in [0.1, 0.15) is 44.9 Å². The Morgan fingerprint density at radius 1 is 1.35 bits per heavy atom. The van der Waals surface area contributed by atoms with Crippen LogP contribution in [0.5, 0.6) is 0 Å². The van der Waals surface area contributed by atoms with E-state index in [1.807, 2.05) is 0 Å². The van der Waals surface area contributed by atoms with Gasteiger partial charge in [0.1, 0.15) is 0 Å². The van der Waals surface area contributed by atoms with Crippen LogP contribution < -0.4 is 5.14 Å². The molecule has 1 aliphatic carbocycles. The highest BCUT2D eigenvalue weighted by molar-refractivity contribution is 7.89. The van der Waals surface area contributed by atoms with Gasteiger partial charge in [-0.15, -0.1) is 0 Å². The quantitative estimate of drug-likeness (QED) is 0.775. The van der Waals surface area contributed by atoms with Crippen molar-refractivity contribution in [1.29, 1.82) is 0 Å². The molecule has 1 aliphatic heterocycles. The molecular formula is C13H24N2O4S. The zero-order valence-electron chi connectivity index (χ0n) is 11.8. The van der Waals surface area contributed by atoms with Crippen LogP contribution in [0.25, 0.3) is 0 Å². The van der Waals surface area contributed by atoms with E-state index < -0.39 is 10.0 Å². The maximum absolute atomic E-state index is 12.1. The molecule has 2 fully saturated rings. The van der Waals surface area contributed by atoms with Crippen molar-refractivity contribution < 1.29 is 18.3 Å². The highest BCUT2D eigenvalue weighted by atomic mass is 32.2. The molecular weight excluding hydrogens is 280 g/mol. The number of primary sulfonamides is 1. The lowest BCUT2D eigenvalue weighted by Crippen LogP contribution is -2.49. The Bertz CT molecular complexity index is 465. The SMILES string of the molecule is NS(=O)(=O)CCCC(=O)N1CCC[C@@]2(CCC[C@H]2O)C1. The second-order valence-electron chi connectivity index (χ2n) is 6.16. The highest BCUT2D eigenvalue weighted by Crippen LogP contribution is 2.45. The summed E-state index contributed by atoms with van der Waals surface area (Å²) in [4.78, 5) is 13.9. The second kappa shape index (κ2) is 5.99. The first-order valence-corrected chi connectivity index (χ1v) is 9.00. The molecule has 0 radical (unpaired) electrons. The molecule has 0 unspecified atom stereocenters. The number of rotatable bonds is 4. The Balaban J connectivity index is 1.87. The van der Waals surface area contributed by atoms with Gasteiger partial charge in [-0.2, -0.15) is 0 Å². The number of amides is 1. The van der Waals surface area contributed by atoms with Crippen LogP contribution in [-0.4, -0.2) is 49.3 Å². The molecule has 1 saturated carbocycles. The van der Waals surface area contributed by atoms with E-state index in [0.29, 0.717) is 13.1 Å². The molecule has 3 N–H and O–H groups in total. The summed E-state index contributed by atoms with van der Waals surface area (Å²) < 4.78 is 21.7. The molecule has 1 saturated heterocycles. The molecule has 0 aromatic heterocycles. The number of hydrogen-bond acceptors (Lipinski definition) is 4. The Kier molecular flexibility index (Phi) is 4.71. The van der Waals surface area contributed by atoms with Crippen LogP contribution in [-0.2, 0) is 14.8 Å². The van der Waals surface area contributed by atoms with Crippen molar-refractivity contribution in [3.63, 3.8) is 0 Å². The van der Waals surface area contributed by atoms with Crippen molar-refractivity contribution in [2.75, 3.05) is 18.8 Å². The van der Waals surface area contributed by atoms with Crippen molar-refractivity contribution >= 4 is 15.9 Å². The first-order valence-electron chi connectivity index (χ1n) is 7.29. The van der Waals surface area contributed by atoms with E-state index in [1.165, 1.54) is 0 Å². The van der Waals surface area contributed by atoms with E-state index in [-0.39, 0.29) is 36.0 Å². The van der Waals surface area contributed by atoms with Crippen LogP contribution in [0.15, 0.2) is 0 Å². The van der Waals surface area contributed by atoms with Gasteiger partial charge in [-0.1, -0.05) is 6.42 Å². The molecule has 2 aliphatic rings. The van der Waals surface area contributed by atoms with E-state index in [0.717, 1.165) is 32.1 Å². The highest BCUT2D eigenvalue weighted by Gasteiger charge is 2.45. The number of likely N-dealkylation sites (tertiary alicyclic amines) is 1. The summed E-state index contributed by atoms with van der Waals surface area (Å²) in [5.74, 6) is -0.174. The van der Waals surface area contributed by atoms with Gasteiger partial charge in [0, 0.05) is 24.9 Å². The first kappa shape index (κ1) is 15.7. The van der Waals surface area contributed by atoms with Gasteiger partial charge >= 0.3 is 0 Å². The number of aliphatic hydroxyl groups excluding tert-OH is 1. The van der Waals surface area contributed by atoms with Gasteiger partial charge < -0.3 is 10.0 Å². The minimum atomic E-state index is -3.49. The summed E-state index contributed by atoms with van der Waals surface area (Å²) in [5.41, 5.74) is -0.117. The molecule has 20 heavy (non-hydrogen) atoms. The molecule has 0 aromatic rings. The summed E-state index contributed by atoms with van der Waals surface area (Å²) in [5, 5.41) is 15.1. The standard InChI is InChI=1S/C13H24N2O4S/c14-20(18,19)9-2-5-12(17)15-8-3-7-13(10-15)6-1-4-11(13)16/h11,16H,1-10H2,(H2,14,18,19)/t11-,13+/m1/s1. The Morgan fingerprint density at radius 3 is 2.65 bits per heavy atom. The molecule has 2 atom stereocenters. The van der Waals surface area contributed by atoms with E-state index >= 15 is 0 Å². The minimum Gasteiger partial charge on any atom is -0.392 e. The lowest BCUT2D eigenvalue weighted by Gasteiger charge is -2.42. The lowest BCUT2D eigenvalue weighted by molar-refractivity contribution is -0.136. The fourth-order valence-corrected chi connectivity index (χ4v) is 4.10. The Labute approximate surface area is 120 Å². The van der Waals surface area contributed by atoms with Crippen molar-refractivity contribution in [3.8, 4) is 0 Å². The van der Waals surface area contributed by atoms with Crippen molar-refractivity contribution in [2.24, 2.45) is 10.6 Å². The normalized spacial score (nSPS) is 30.9. The van der Waals surface area contributed by atoms with Gasteiger partial charge in [0.2, 0.25) is 15.9 Å². The average molecular weight is 304 g/mol. The van der Waals surface area contributed by atoms with Gasteiger partial charge in [0.05, 0.1) is 11.9 Å². The third kappa shape index (κ3) is 3.71. The molecule has 1 heterocycles. The van der Waals surface area contributed by atoms with Crippen molar-refractivity contribution in [2.45, 2.75) is 51.0 Å². The summed E-state index contributed by atoms with van der Waals surface area (Å²) >= 11 is 0. The number of nitrogens with two attached hydrogens (primary N) is 1. The third-order valence-electron chi connectivity index (χ3n) is 4.64. The smallest absolute Gasteiger partial charge is 0.222 e. The molecule has 1 spiro atoms. The zero-order chi connectivity index (χ0) is 14.8. The van der Waals surface area contributed by atoms with Crippen molar-refractivity contribution in [3.05, 3.63) is 0 Å². The van der Waals surface area contributed by atoms with Gasteiger partial charge in [0.15, 0.2) is 0 Å². The maximum Gasteiger partial charge on any atom is 0.222 e. The minimum absolute atomic E-state index is 0.0215. The number of nitrogens with zero attached hydrogens (tertiary/aromatic N) is 1. The molecule has 7 heteroatoms. The zero-order valence-corrected chi connectivity index (χ0v) is 12.6. The van der Waals surface area contributed by atoms with Gasteiger partial charge in [-0.05, 0) is 32.1 Å². The average Bonchev–Trinajstić information content (AvgIpc) is 2.69. The molecule has 1 amide bonds. The van der Waals surface area contributed by atoms with E-state index in [2.05, 4.69) is 0 Å². The predicted molar refractivity (Wildman–Crippen MR) is 75.3 cm³/mol. The maximum atomic E-state index is 12.1. The molecule has 6 nitrogen and oxygen atoms in total. The number of carbonyl (C=O) groups excluding carboxylic acids is 1. The van der Waals surface area contributed by atoms with Crippen molar-refractivity contribution in [1.82, 2.24) is 4.90 Å². The molecule has 0 bridgehead atoms. The van der Waals surface area contributed by atoms with E-state index in [1.54, 1.807) is 4.90 Å². The number of aliphatic hydroxyl groups is 1. The summed E-state index contributed by atoms with van der Waals surface area (Å²) in [6.07, 6.45) is 4.90. The predicted octanol–water partition coefficient (Wildman–Crippen LogP) is 0.209. The third-order valence-corrected chi connectivity index (χ3v) is 5.50. The second-order valence-corrected chi connectivity index (χ2v) is 7.89. The topological polar surface area (TPSA) is 101 Å². The van der Waals surface area contributed by atoms with Gasteiger partial charge in [0.25, 0.3) is 0 Å². The van der Waals surface area contributed by atoms with E-state index in [4.69, 9.17) is 5.14 Å².